The first-order valence-electron chi connectivity index (χ1n) is 7.73. The van der Waals surface area contributed by atoms with Crippen molar-refractivity contribution >= 4 is 0 Å². The Hall–Kier alpha value is -0.0800. The Labute approximate surface area is 107 Å². The lowest BCUT2D eigenvalue weighted by atomic mass is 9.82. The third-order valence-electron chi connectivity index (χ3n) is 4.62. The van der Waals surface area contributed by atoms with Crippen LogP contribution in [0.25, 0.3) is 0 Å². The van der Waals surface area contributed by atoms with E-state index >= 15 is 0 Å². The van der Waals surface area contributed by atoms with E-state index in [4.69, 9.17) is 0 Å². The molecule has 3 atom stereocenters. The van der Waals surface area contributed by atoms with Gasteiger partial charge in [-0.15, -0.1) is 0 Å². The summed E-state index contributed by atoms with van der Waals surface area (Å²) in [4.78, 5) is 2.73. The van der Waals surface area contributed by atoms with Gasteiger partial charge in [0, 0.05) is 19.1 Å². The van der Waals surface area contributed by atoms with Crippen LogP contribution < -0.4 is 5.32 Å². The minimum absolute atomic E-state index is 0.735. The highest BCUT2D eigenvalue weighted by molar-refractivity contribution is 4.79. The quantitative estimate of drug-likeness (QED) is 0.813. The molecule has 1 heterocycles. The van der Waals surface area contributed by atoms with Crippen LogP contribution in [0, 0.1) is 11.8 Å². The molecule has 0 aromatic rings. The van der Waals surface area contributed by atoms with E-state index in [0.717, 1.165) is 17.9 Å². The number of rotatable bonds is 3. The maximum Gasteiger partial charge on any atom is 0.0192 e. The number of hydrogen-bond donors (Lipinski definition) is 1. The lowest BCUT2D eigenvalue weighted by Crippen LogP contribution is -2.39. The van der Waals surface area contributed by atoms with Gasteiger partial charge in [-0.25, -0.2) is 0 Å². The van der Waals surface area contributed by atoms with Crippen molar-refractivity contribution in [3.05, 3.63) is 0 Å². The summed E-state index contributed by atoms with van der Waals surface area (Å²) in [6, 6.07) is 0.735. The molecule has 3 unspecified atom stereocenters. The van der Waals surface area contributed by atoms with Crippen LogP contribution in [-0.2, 0) is 0 Å². The third-order valence-corrected chi connectivity index (χ3v) is 4.62. The molecule has 100 valence electrons. The first kappa shape index (κ1) is 13.4. The van der Waals surface area contributed by atoms with Crippen molar-refractivity contribution in [3.8, 4) is 0 Å². The zero-order valence-electron chi connectivity index (χ0n) is 11.8. The Balaban J connectivity index is 1.79. The standard InChI is InChI=1S/C15H30N2/c1-3-15-12-17(9-5-8-16-15)11-14-7-4-6-13(2)10-14/h13-16H,3-12H2,1-2H3. The van der Waals surface area contributed by atoms with Crippen LogP contribution in [-0.4, -0.2) is 37.1 Å². The molecular weight excluding hydrogens is 208 g/mol. The number of nitrogens with one attached hydrogen (secondary N) is 1. The Morgan fingerprint density at radius 1 is 1.24 bits per heavy atom. The summed E-state index contributed by atoms with van der Waals surface area (Å²) < 4.78 is 0. The average molecular weight is 238 g/mol. The van der Waals surface area contributed by atoms with Crippen LogP contribution in [0.3, 0.4) is 0 Å². The van der Waals surface area contributed by atoms with Crippen molar-refractivity contribution in [2.75, 3.05) is 26.2 Å². The fraction of sp³-hybridized carbons (Fsp3) is 1.00. The van der Waals surface area contributed by atoms with Crippen LogP contribution in [0.5, 0.6) is 0 Å². The normalized spacial score (nSPS) is 36.7. The van der Waals surface area contributed by atoms with Crippen molar-refractivity contribution in [1.82, 2.24) is 10.2 Å². The lowest BCUT2D eigenvalue weighted by molar-refractivity contribution is 0.176. The van der Waals surface area contributed by atoms with Gasteiger partial charge >= 0.3 is 0 Å². The van der Waals surface area contributed by atoms with Crippen LogP contribution in [0.15, 0.2) is 0 Å². The fourth-order valence-corrected chi connectivity index (χ4v) is 3.61. The summed E-state index contributed by atoms with van der Waals surface area (Å²) in [5, 5.41) is 3.67. The van der Waals surface area contributed by atoms with Gasteiger partial charge < -0.3 is 10.2 Å². The number of hydrogen-bond acceptors (Lipinski definition) is 2. The molecule has 1 aliphatic carbocycles. The van der Waals surface area contributed by atoms with E-state index in [0.29, 0.717) is 0 Å². The van der Waals surface area contributed by atoms with Crippen molar-refractivity contribution < 1.29 is 0 Å². The van der Waals surface area contributed by atoms with Gasteiger partial charge in [-0.3, -0.25) is 0 Å². The summed E-state index contributed by atoms with van der Waals surface area (Å²) in [6.07, 6.45) is 8.49. The van der Waals surface area contributed by atoms with E-state index in [2.05, 4.69) is 24.1 Å². The molecule has 2 nitrogen and oxygen atoms in total. The van der Waals surface area contributed by atoms with E-state index < -0.39 is 0 Å². The molecule has 1 N–H and O–H groups in total. The summed E-state index contributed by atoms with van der Waals surface area (Å²) >= 11 is 0. The maximum atomic E-state index is 3.67. The summed E-state index contributed by atoms with van der Waals surface area (Å²) in [5.74, 6) is 1.95. The summed E-state index contributed by atoms with van der Waals surface area (Å²) in [5.41, 5.74) is 0. The Kier molecular flexibility index (Phi) is 5.30. The van der Waals surface area contributed by atoms with Gasteiger partial charge in [-0.2, -0.15) is 0 Å². The molecular formula is C15H30N2. The van der Waals surface area contributed by atoms with Crippen LogP contribution in [0.1, 0.15) is 52.4 Å². The molecule has 0 amide bonds. The smallest absolute Gasteiger partial charge is 0.0192 e. The molecule has 1 saturated heterocycles. The second-order valence-corrected chi connectivity index (χ2v) is 6.31. The maximum absolute atomic E-state index is 3.67. The number of nitrogens with zero attached hydrogens (tertiary/aromatic N) is 1. The first-order chi connectivity index (χ1) is 8.28. The first-order valence-corrected chi connectivity index (χ1v) is 7.73. The fourth-order valence-electron chi connectivity index (χ4n) is 3.61. The van der Waals surface area contributed by atoms with Gasteiger partial charge in [0.25, 0.3) is 0 Å². The minimum Gasteiger partial charge on any atom is -0.313 e. The van der Waals surface area contributed by atoms with Gasteiger partial charge in [0.1, 0.15) is 0 Å². The molecule has 0 aromatic heterocycles. The predicted molar refractivity (Wildman–Crippen MR) is 74.3 cm³/mol. The van der Waals surface area contributed by atoms with Crippen molar-refractivity contribution in [2.45, 2.75) is 58.4 Å². The molecule has 17 heavy (non-hydrogen) atoms. The molecule has 2 fully saturated rings. The molecule has 2 heteroatoms. The topological polar surface area (TPSA) is 15.3 Å². The Morgan fingerprint density at radius 3 is 2.88 bits per heavy atom. The van der Waals surface area contributed by atoms with E-state index in [1.807, 2.05) is 0 Å². The summed E-state index contributed by atoms with van der Waals surface area (Å²) in [6.45, 7) is 9.92. The predicted octanol–water partition coefficient (Wildman–Crippen LogP) is 2.89. The highest BCUT2D eigenvalue weighted by Gasteiger charge is 2.23. The third kappa shape index (κ3) is 4.26. The van der Waals surface area contributed by atoms with Gasteiger partial charge in [-0.05, 0) is 50.6 Å². The van der Waals surface area contributed by atoms with E-state index in [-0.39, 0.29) is 0 Å². The average Bonchev–Trinajstić information content (AvgIpc) is 2.54. The van der Waals surface area contributed by atoms with Gasteiger partial charge in [0.2, 0.25) is 0 Å². The van der Waals surface area contributed by atoms with Gasteiger partial charge in [0.05, 0.1) is 0 Å². The Morgan fingerprint density at radius 2 is 2.12 bits per heavy atom. The molecule has 0 spiro atoms. The van der Waals surface area contributed by atoms with Crippen molar-refractivity contribution in [3.63, 3.8) is 0 Å². The largest absolute Gasteiger partial charge is 0.313 e. The second kappa shape index (κ2) is 6.75. The second-order valence-electron chi connectivity index (χ2n) is 6.31. The van der Waals surface area contributed by atoms with E-state index in [1.54, 1.807) is 0 Å². The van der Waals surface area contributed by atoms with E-state index in [1.165, 1.54) is 64.7 Å². The molecule has 1 aliphatic heterocycles. The zero-order valence-corrected chi connectivity index (χ0v) is 11.8. The molecule has 0 radical (unpaired) electrons. The molecule has 0 aromatic carbocycles. The zero-order chi connectivity index (χ0) is 12.1. The molecule has 2 aliphatic rings. The van der Waals surface area contributed by atoms with Crippen molar-refractivity contribution in [2.24, 2.45) is 11.8 Å². The molecule has 1 saturated carbocycles. The molecule has 0 bridgehead atoms. The van der Waals surface area contributed by atoms with E-state index in [9.17, 15) is 0 Å². The van der Waals surface area contributed by atoms with Crippen LogP contribution >= 0.6 is 0 Å². The highest BCUT2D eigenvalue weighted by Crippen LogP contribution is 2.29. The highest BCUT2D eigenvalue weighted by atomic mass is 15.2. The SMILES string of the molecule is CCC1CN(CC2CCCC(C)C2)CCCN1. The van der Waals surface area contributed by atoms with Crippen LogP contribution in [0.4, 0.5) is 0 Å². The van der Waals surface area contributed by atoms with Gasteiger partial charge in [-0.1, -0.05) is 26.7 Å². The minimum atomic E-state index is 0.735. The monoisotopic (exact) mass is 238 g/mol. The summed E-state index contributed by atoms with van der Waals surface area (Å²) in [7, 11) is 0. The van der Waals surface area contributed by atoms with Gasteiger partial charge in [0.15, 0.2) is 0 Å². The molecule has 2 rings (SSSR count). The van der Waals surface area contributed by atoms with Crippen molar-refractivity contribution in [1.29, 1.82) is 0 Å². The van der Waals surface area contributed by atoms with Crippen LogP contribution in [0.2, 0.25) is 0 Å². The lowest BCUT2D eigenvalue weighted by Gasteiger charge is -2.32. The Bertz CT molecular complexity index is 217.